The molecule has 0 aliphatic heterocycles. The zero-order valence-corrected chi connectivity index (χ0v) is 10.9. The standard InChI is InChI=1S/C14H15N5/c1-19(2)11-5-3-9(4-6-11)13-12-7-10(15)8-16-14(12)18-17-13/h3-8H,15H2,1-2H3,(H,16,17,18). The van der Waals surface area contributed by atoms with Gasteiger partial charge in [0.05, 0.1) is 17.6 Å². The van der Waals surface area contributed by atoms with Crippen LogP contribution in [-0.2, 0) is 0 Å². The lowest BCUT2D eigenvalue weighted by molar-refractivity contribution is 1.10. The fourth-order valence-corrected chi connectivity index (χ4v) is 2.06. The van der Waals surface area contributed by atoms with Crippen molar-refractivity contribution < 1.29 is 0 Å². The lowest BCUT2D eigenvalue weighted by Gasteiger charge is -2.12. The van der Waals surface area contributed by atoms with Gasteiger partial charge in [-0.05, 0) is 18.2 Å². The second-order valence-corrected chi connectivity index (χ2v) is 4.68. The largest absolute Gasteiger partial charge is 0.397 e. The van der Waals surface area contributed by atoms with Crippen molar-refractivity contribution in [1.82, 2.24) is 15.2 Å². The molecule has 0 aliphatic carbocycles. The second kappa shape index (κ2) is 4.28. The predicted molar refractivity (Wildman–Crippen MR) is 78.1 cm³/mol. The molecule has 2 heterocycles. The highest BCUT2D eigenvalue weighted by Crippen LogP contribution is 2.27. The summed E-state index contributed by atoms with van der Waals surface area (Å²) in [6.07, 6.45) is 1.61. The number of rotatable bonds is 2. The van der Waals surface area contributed by atoms with Crippen LogP contribution in [-0.4, -0.2) is 29.3 Å². The summed E-state index contributed by atoms with van der Waals surface area (Å²) in [7, 11) is 4.04. The molecule has 0 unspecified atom stereocenters. The molecule has 19 heavy (non-hydrogen) atoms. The molecule has 3 N–H and O–H groups in total. The average molecular weight is 253 g/mol. The lowest BCUT2D eigenvalue weighted by Crippen LogP contribution is -2.07. The van der Waals surface area contributed by atoms with E-state index in [1.807, 2.05) is 20.2 Å². The molecule has 3 rings (SSSR count). The molecular formula is C14H15N5. The number of aromatic nitrogens is 3. The van der Waals surface area contributed by atoms with E-state index in [9.17, 15) is 0 Å². The van der Waals surface area contributed by atoms with Gasteiger partial charge in [0.2, 0.25) is 0 Å². The Balaban J connectivity index is 2.11. The number of anilines is 2. The Morgan fingerprint density at radius 1 is 1.16 bits per heavy atom. The fourth-order valence-electron chi connectivity index (χ4n) is 2.06. The van der Waals surface area contributed by atoms with Gasteiger partial charge in [-0.3, -0.25) is 5.10 Å². The van der Waals surface area contributed by atoms with Gasteiger partial charge in [-0.25, -0.2) is 4.98 Å². The van der Waals surface area contributed by atoms with Crippen LogP contribution in [0.15, 0.2) is 36.5 Å². The normalized spacial score (nSPS) is 10.8. The molecule has 5 heteroatoms. The number of nitrogens with zero attached hydrogens (tertiary/aromatic N) is 3. The third-order valence-corrected chi connectivity index (χ3v) is 3.10. The molecule has 0 saturated carbocycles. The summed E-state index contributed by atoms with van der Waals surface area (Å²) in [6.45, 7) is 0. The molecule has 96 valence electrons. The van der Waals surface area contributed by atoms with E-state index in [-0.39, 0.29) is 0 Å². The van der Waals surface area contributed by atoms with Crippen molar-refractivity contribution in [3.63, 3.8) is 0 Å². The van der Waals surface area contributed by atoms with Crippen LogP contribution in [0, 0.1) is 0 Å². The van der Waals surface area contributed by atoms with Gasteiger partial charge in [-0.15, -0.1) is 0 Å². The molecular weight excluding hydrogens is 238 g/mol. The summed E-state index contributed by atoms with van der Waals surface area (Å²) >= 11 is 0. The molecule has 0 saturated heterocycles. The zero-order valence-electron chi connectivity index (χ0n) is 10.9. The molecule has 0 amide bonds. The Hall–Kier alpha value is -2.56. The lowest BCUT2D eigenvalue weighted by atomic mass is 10.1. The van der Waals surface area contributed by atoms with Crippen molar-refractivity contribution in [1.29, 1.82) is 0 Å². The van der Waals surface area contributed by atoms with Gasteiger partial charge in [0.15, 0.2) is 5.65 Å². The first-order valence-corrected chi connectivity index (χ1v) is 6.02. The maximum atomic E-state index is 5.78. The first-order valence-electron chi connectivity index (χ1n) is 6.02. The maximum absolute atomic E-state index is 5.78. The van der Waals surface area contributed by atoms with Gasteiger partial charge in [-0.2, -0.15) is 5.10 Å². The van der Waals surface area contributed by atoms with E-state index in [1.54, 1.807) is 6.20 Å². The van der Waals surface area contributed by atoms with E-state index in [4.69, 9.17) is 5.73 Å². The number of aromatic amines is 1. The molecule has 2 aromatic heterocycles. The maximum Gasteiger partial charge on any atom is 0.181 e. The van der Waals surface area contributed by atoms with E-state index in [2.05, 4.69) is 44.3 Å². The van der Waals surface area contributed by atoms with E-state index >= 15 is 0 Å². The predicted octanol–water partition coefficient (Wildman–Crippen LogP) is 2.27. The van der Waals surface area contributed by atoms with E-state index in [1.165, 1.54) is 0 Å². The molecule has 0 fully saturated rings. The van der Waals surface area contributed by atoms with Crippen LogP contribution in [0.1, 0.15) is 0 Å². The minimum Gasteiger partial charge on any atom is -0.397 e. The summed E-state index contributed by atoms with van der Waals surface area (Å²) in [6, 6.07) is 10.2. The SMILES string of the molecule is CN(C)c1ccc(-c2[nH]nc3ncc(N)cc23)cc1. The number of pyridine rings is 1. The smallest absolute Gasteiger partial charge is 0.181 e. The Kier molecular flexibility index (Phi) is 2.59. The highest BCUT2D eigenvalue weighted by Gasteiger charge is 2.09. The first-order chi connectivity index (χ1) is 9.15. The van der Waals surface area contributed by atoms with Gasteiger partial charge in [0.1, 0.15) is 0 Å². The quantitative estimate of drug-likeness (QED) is 0.735. The van der Waals surface area contributed by atoms with E-state index < -0.39 is 0 Å². The van der Waals surface area contributed by atoms with Crippen molar-refractivity contribution in [2.75, 3.05) is 24.7 Å². The Morgan fingerprint density at radius 3 is 2.58 bits per heavy atom. The summed E-state index contributed by atoms with van der Waals surface area (Å²) in [5.74, 6) is 0. The van der Waals surface area contributed by atoms with Crippen LogP contribution in [0.4, 0.5) is 11.4 Å². The molecule has 5 nitrogen and oxygen atoms in total. The van der Waals surface area contributed by atoms with Crippen molar-refractivity contribution in [2.45, 2.75) is 0 Å². The van der Waals surface area contributed by atoms with Gasteiger partial charge in [0.25, 0.3) is 0 Å². The molecule has 3 aromatic rings. The first kappa shape index (κ1) is 11.5. The van der Waals surface area contributed by atoms with Gasteiger partial charge < -0.3 is 10.6 Å². The van der Waals surface area contributed by atoms with Crippen molar-refractivity contribution in [3.8, 4) is 11.3 Å². The summed E-state index contributed by atoms with van der Waals surface area (Å²) in [5, 5.41) is 8.16. The van der Waals surface area contributed by atoms with Crippen molar-refractivity contribution in [2.24, 2.45) is 0 Å². The van der Waals surface area contributed by atoms with Crippen LogP contribution in [0.25, 0.3) is 22.3 Å². The van der Waals surface area contributed by atoms with Crippen LogP contribution in [0.3, 0.4) is 0 Å². The number of benzene rings is 1. The molecule has 0 atom stereocenters. The summed E-state index contributed by atoms with van der Waals surface area (Å²) in [5.41, 5.74) is 10.3. The fraction of sp³-hybridized carbons (Fsp3) is 0.143. The Labute approximate surface area is 111 Å². The number of hydrogen-bond acceptors (Lipinski definition) is 4. The highest BCUT2D eigenvalue weighted by atomic mass is 15.1. The number of H-pyrrole nitrogens is 1. The molecule has 0 aliphatic rings. The van der Waals surface area contributed by atoms with E-state index in [0.29, 0.717) is 11.3 Å². The zero-order chi connectivity index (χ0) is 13.4. The van der Waals surface area contributed by atoms with Crippen LogP contribution in [0.2, 0.25) is 0 Å². The van der Waals surface area contributed by atoms with Crippen molar-refractivity contribution >= 4 is 22.4 Å². The number of nitrogen functional groups attached to an aromatic ring is 1. The Morgan fingerprint density at radius 2 is 1.89 bits per heavy atom. The summed E-state index contributed by atoms with van der Waals surface area (Å²) < 4.78 is 0. The topological polar surface area (TPSA) is 70.8 Å². The summed E-state index contributed by atoms with van der Waals surface area (Å²) in [4.78, 5) is 6.26. The number of fused-ring (bicyclic) bond motifs is 1. The number of nitrogens with two attached hydrogens (primary N) is 1. The van der Waals surface area contributed by atoms with Crippen molar-refractivity contribution in [3.05, 3.63) is 36.5 Å². The molecule has 0 spiro atoms. The minimum atomic E-state index is 0.639. The highest BCUT2D eigenvalue weighted by molar-refractivity contribution is 5.92. The van der Waals surface area contributed by atoms with Gasteiger partial charge in [0, 0.05) is 30.7 Å². The Bertz CT molecular complexity index is 712. The van der Waals surface area contributed by atoms with Gasteiger partial charge in [-0.1, -0.05) is 12.1 Å². The van der Waals surface area contributed by atoms with Crippen LogP contribution < -0.4 is 10.6 Å². The second-order valence-electron chi connectivity index (χ2n) is 4.68. The molecule has 0 bridgehead atoms. The monoisotopic (exact) mass is 253 g/mol. The minimum absolute atomic E-state index is 0.639. The number of hydrogen-bond donors (Lipinski definition) is 2. The van der Waals surface area contributed by atoms with Crippen LogP contribution in [0.5, 0.6) is 0 Å². The third kappa shape index (κ3) is 1.99. The van der Waals surface area contributed by atoms with E-state index in [0.717, 1.165) is 22.3 Å². The molecule has 1 aromatic carbocycles. The number of nitrogens with one attached hydrogen (secondary N) is 1. The van der Waals surface area contributed by atoms with Crippen LogP contribution >= 0.6 is 0 Å². The third-order valence-electron chi connectivity index (χ3n) is 3.10. The van der Waals surface area contributed by atoms with Gasteiger partial charge >= 0.3 is 0 Å². The molecule has 0 radical (unpaired) electrons. The average Bonchev–Trinajstić information content (AvgIpc) is 2.81.